The number of ether oxygens (including phenoxy) is 3. The van der Waals surface area contributed by atoms with Crippen molar-refractivity contribution in [2.45, 2.75) is 183 Å². The highest BCUT2D eigenvalue weighted by molar-refractivity contribution is 5.93. The molecule has 2 saturated heterocycles. The van der Waals surface area contributed by atoms with Gasteiger partial charge >= 0.3 is 5.97 Å². The summed E-state index contributed by atoms with van der Waals surface area (Å²) in [6, 6.07) is 6.29. The first kappa shape index (κ1) is 63.7. The molecule has 6 amide bonds. The van der Waals surface area contributed by atoms with Gasteiger partial charge in [0.15, 0.2) is 0 Å². The average molecular weight is 1040 g/mol. The van der Waals surface area contributed by atoms with Gasteiger partial charge in [0.2, 0.25) is 35.4 Å². The van der Waals surface area contributed by atoms with Crippen molar-refractivity contribution in [3.05, 3.63) is 35.9 Å². The fourth-order valence-corrected chi connectivity index (χ4v) is 10.8. The maximum Gasteiger partial charge on any atom is 0.306 e. The van der Waals surface area contributed by atoms with Gasteiger partial charge in [-0.05, 0) is 102 Å². The van der Waals surface area contributed by atoms with Crippen LogP contribution < -0.4 is 16.0 Å². The SMILES string of the molecule is CCC(C)C(C(C)CC(=O)N1CCCC1C(C)C(C)C(=O)N[C@@H](Cc1ccccc1)C(=O)N1CCC[C@@H]1C(=O)NCCOCCOCCCC(=O)OC(C)(C)C)N(C)C(=O)[C@@H](NC(=O)C(C(C)C)N(C)C)C(C)C. The monoisotopic (exact) mass is 1040 g/mol. The lowest BCUT2D eigenvalue weighted by atomic mass is 9.84. The Morgan fingerprint density at radius 2 is 1.38 bits per heavy atom. The van der Waals surface area contributed by atoms with Crippen molar-refractivity contribution >= 4 is 41.4 Å². The Kier molecular flexibility index (Phi) is 26.5. The highest BCUT2D eigenvalue weighted by Gasteiger charge is 2.42. The number of rotatable bonds is 30. The maximum atomic E-state index is 14.5. The second kappa shape index (κ2) is 30.8. The van der Waals surface area contributed by atoms with E-state index in [1.54, 1.807) is 16.8 Å². The van der Waals surface area contributed by atoms with Gasteiger partial charge in [-0.1, -0.05) is 99.1 Å². The summed E-state index contributed by atoms with van der Waals surface area (Å²) in [5.74, 6) is -2.57. The van der Waals surface area contributed by atoms with Crippen LogP contribution in [0.25, 0.3) is 0 Å². The summed E-state index contributed by atoms with van der Waals surface area (Å²) in [6.07, 6.45) is 4.74. The lowest BCUT2D eigenvalue weighted by molar-refractivity contribution is -0.155. The van der Waals surface area contributed by atoms with Gasteiger partial charge in [-0.3, -0.25) is 38.5 Å². The zero-order valence-corrected chi connectivity index (χ0v) is 48.0. The highest BCUT2D eigenvalue weighted by atomic mass is 16.6. The zero-order valence-electron chi connectivity index (χ0n) is 48.0. The average Bonchev–Trinajstić information content (AvgIpc) is 4.03. The molecule has 3 N–H and O–H groups in total. The van der Waals surface area contributed by atoms with Crippen molar-refractivity contribution in [2.75, 3.05) is 67.2 Å². The van der Waals surface area contributed by atoms with Gasteiger partial charge in [0.1, 0.15) is 23.7 Å². The first-order valence-electron chi connectivity index (χ1n) is 27.6. The predicted octanol–water partition coefficient (Wildman–Crippen LogP) is 5.87. The molecule has 3 rings (SSSR count). The molecule has 2 aliphatic rings. The Bertz CT molecular complexity index is 1930. The molecule has 0 spiro atoms. The Morgan fingerprint density at radius 1 is 0.757 bits per heavy atom. The van der Waals surface area contributed by atoms with Gasteiger partial charge in [-0.15, -0.1) is 0 Å². The number of hydrogen-bond donors (Lipinski definition) is 3. The van der Waals surface area contributed by atoms with Gasteiger partial charge < -0.3 is 44.9 Å². The van der Waals surface area contributed by atoms with Crippen LogP contribution >= 0.6 is 0 Å². The standard InChI is InChI=1S/C57H97N7O10/c1-16-39(6)51(62(15)56(71)49(37(2)3)60-54(69)50(38(4)5)61(13)14)40(7)35-47(65)63-29-20-25-45(63)41(8)42(9)52(67)59-44(36-43-23-18-17-19-24-43)55(70)64-30-21-26-46(64)53(68)58-28-32-73-34-33-72-31-22-27-48(66)74-57(10,11)12/h17-19,23-24,37-42,44-46,49-51H,16,20-22,25-36H2,1-15H3,(H,58,68)(H,59,67)(H,60,69)/t39?,40?,41?,42?,44-,45?,46+,49-,50?,51?/m0/s1. The van der Waals surface area contributed by atoms with E-state index in [0.717, 1.165) is 24.8 Å². The molecule has 2 fully saturated rings. The van der Waals surface area contributed by atoms with Gasteiger partial charge in [-0.25, -0.2) is 0 Å². The summed E-state index contributed by atoms with van der Waals surface area (Å²) in [5.41, 5.74) is 0.352. The van der Waals surface area contributed by atoms with Crippen molar-refractivity contribution in [1.82, 2.24) is 35.6 Å². The second-order valence-corrected chi connectivity index (χ2v) is 23.0. The number of likely N-dealkylation sites (N-methyl/N-ethyl adjacent to an activating group) is 2. The highest BCUT2D eigenvalue weighted by Crippen LogP contribution is 2.33. The molecule has 10 atom stereocenters. The van der Waals surface area contributed by atoms with Crippen molar-refractivity contribution in [3.8, 4) is 0 Å². The molecule has 0 radical (unpaired) electrons. The van der Waals surface area contributed by atoms with E-state index in [0.29, 0.717) is 52.2 Å². The number of carbonyl (C=O) groups excluding carboxylic acids is 7. The Balaban J connectivity index is 1.64. The van der Waals surface area contributed by atoms with Crippen LogP contribution in [0.15, 0.2) is 30.3 Å². The fraction of sp³-hybridized carbons (Fsp3) is 0.772. The fourth-order valence-electron chi connectivity index (χ4n) is 10.8. The van der Waals surface area contributed by atoms with E-state index in [9.17, 15) is 33.6 Å². The lowest BCUT2D eigenvalue weighted by Gasteiger charge is -2.40. The van der Waals surface area contributed by atoms with Gasteiger partial charge in [-0.2, -0.15) is 0 Å². The van der Waals surface area contributed by atoms with Crippen molar-refractivity contribution in [2.24, 2.45) is 35.5 Å². The summed E-state index contributed by atoms with van der Waals surface area (Å²) in [5, 5.41) is 9.09. The Labute approximate surface area is 444 Å². The third kappa shape index (κ3) is 19.5. The summed E-state index contributed by atoms with van der Waals surface area (Å²) < 4.78 is 16.5. The third-order valence-electron chi connectivity index (χ3n) is 15.0. The molecule has 17 heteroatoms. The quantitative estimate of drug-likeness (QED) is 0.0617. The Morgan fingerprint density at radius 3 is 1.97 bits per heavy atom. The van der Waals surface area contributed by atoms with Crippen LogP contribution in [0.1, 0.15) is 140 Å². The molecule has 0 saturated carbocycles. The first-order chi connectivity index (χ1) is 34.8. The number of benzene rings is 1. The molecule has 0 aliphatic carbocycles. The van der Waals surface area contributed by atoms with Crippen LogP contribution in [0.2, 0.25) is 0 Å². The normalized spacial score (nSPS) is 19.3. The van der Waals surface area contributed by atoms with Gasteiger partial charge in [0.05, 0.1) is 25.9 Å². The molecule has 1 aromatic carbocycles. The maximum absolute atomic E-state index is 14.5. The minimum atomic E-state index is -0.923. The molecule has 1 aromatic rings. The van der Waals surface area contributed by atoms with Crippen molar-refractivity contribution < 1.29 is 47.8 Å². The largest absolute Gasteiger partial charge is 0.460 e. The predicted molar refractivity (Wildman–Crippen MR) is 288 cm³/mol. The van der Waals surface area contributed by atoms with Crippen molar-refractivity contribution in [1.29, 1.82) is 0 Å². The number of likely N-dealkylation sites (tertiary alicyclic amines) is 2. The Hall–Kier alpha value is -4.61. The third-order valence-corrected chi connectivity index (χ3v) is 15.0. The topological polar surface area (TPSA) is 196 Å². The number of nitrogens with one attached hydrogen (secondary N) is 3. The molecule has 2 heterocycles. The van der Waals surface area contributed by atoms with E-state index in [2.05, 4.69) is 29.8 Å². The second-order valence-electron chi connectivity index (χ2n) is 23.0. The molecule has 74 heavy (non-hydrogen) atoms. The smallest absolute Gasteiger partial charge is 0.306 e. The molecule has 0 bridgehead atoms. The van der Waals surface area contributed by atoms with E-state index < -0.39 is 35.7 Å². The van der Waals surface area contributed by atoms with Gasteiger partial charge in [0, 0.05) is 70.6 Å². The minimum absolute atomic E-state index is 0.0204. The number of amides is 6. The van der Waals surface area contributed by atoms with Crippen LogP contribution in [-0.4, -0.2) is 170 Å². The number of carbonyl (C=O) groups is 7. The van der Waals surface area contributed by atoms with Crippen LogP contribution in [0, 0.1) is 35.5 Å². The molecule has 2 aliphatic heterocycles. The van der Waals surface area contributed by atoms with Crippen LogP contribution in [0.4, 0.5) is 0 Å². The molecular formula is C57H97N7O10. The molecule has 7 unspecified atom stereocenters. The first-order valence-corrected chi connectivity index (χ1v) is 27.6. The van der Waals surface area contributed by atoms with Crippen molar-refractivity contribution in [3.63, 3.8) is 0 Å². The van der Waals surface area contributed by atoms with E-state index in [-0.39, 0.29) is 115 Å². The molecule has 420 valence electrons. The summed E-state index contributed by atoms with van der Waals surface area (Å²) in [7, 11) is 5.52. The number of hydrogen-bond acceptors (Lipinski definition) is 11. The summed E-state index contributed by atoms with van der Waals surface area (Å²) >= 11 is 0. The van der Waals surface area contributed by atoms with Crippen LogP contribution in [-0.2, 0) is 54.2 Å². The summed E-state index contributed by atoms with van der Waals surface area (Å²) in [4.78, 5) is 104. The number of nitrogens with zero attached hydrogens (tertiary/aromatic N) is 4. The minimum Gasteiger partial charge on any atom is -0.460 e. The molecule has 17 nitrogen and oxygen atoms in total. The summed E-state index contributed by atoms with van der Waals surface area (Å²) in [6.45, 7) is 25.9. The molecular weight excluding hydrogens is 943 g/mol. The van der Waals surface area contributed by atoms with E-state index in [1.807, 2.05) is 123 Å². The van der Waals surface area contributed by atoms with E-state index >= 15 is 0 Å². The van der Waals surface area contributed by atoms with E-state index in [1.165, 1.54) is 0 Å². The lowest BCUT2D eigenvalue weighted by Crippen LogP contribution is -2.58. The number of esters is 1. The van der Waals surface area contributed by atoms with Gasteiger partial charge in [0.25, 0.3) is 0 Å². The zero-order chi connectivity index (χ0) is 55.4. The van der Waals surface area contributed by atoms with E-state index in [4.69, 9.17) is 14.2 Å². The van der Waals surface area contributed by atoms with Crippen LogP contribution in [0.5, 0.6) is 0 Å². The van der Waals surface area contributed by atoms with Crippen LogP contribution in [0.3, 0.4) is 0 Å². The molecule has 0 aromatic heterocycles.